The highest BCUT2D eigenvalue weighted by atomic mass is 79.9. The molecule has 0 rings (SSSR count). The van der Waals surface area contributed by atoms with Crippen molar-refractivity contribution in [3.05, 3.63) is 0 Å². The normalized spacial score (nSPS) is 10.5. The van der Waals surface area contributed by atoms with Crippen LogP contribution in [0.15, 0.2) is 0 Å². The number of hydrogen-bond donors (Lipinski definition) is 0. The van der Waals surface area contributed by atoms with Gasteiger partial charge in [-0.3, -0.25) is 4.79 Å². The van der Waals surface area contributed by atoms with Gasteiger partial charge in [-0.2, -0.15) is 0 Å². The van der Waals surface area contributed by atoms with Gasteiger partial charge in [-0.15, -0.1) is 0 Å². The molecule has 0 aromatic carbocycles. The molecule has 0 heterocycles. The number of alkyl halides is 1. The molecule has 1 amide bonds. The van der Waals surface area contributed by atoms with Gasteiger partial charge < -0.3 is 4.90 Å². The molecule has 0 radical (unpaired) electrons. The zero-order valence-electron chi connectivity index (χ0n) is 8.85. The van der Waals surface area contributed by atoms with Crippen molar-refractivity contribution in [1.82, 2.24) is 4.90 Å². The van der Waals surface area contributed by atoms with Crippen LogP contribution in [0.25, 0.3) is 0 Å². The van der Waals surface area contributed by atoms with Crippen molar-refractivity contribution in [2.45, 2.75) is 46.1 Å². The first-order chi connectivity index (χ1) is 6.13. The van der Waals surface area contributed by atoms with Crippen molar-refractivity contribution >= 4 is 21.8 Å². The van der Waals surface area contributed by atoms with E-state index < -0.39 is 0 Å². The van der Waals surface area contributed by atoms with Crippen molar-refractivity contribution < 1.29 is 4.79 Å². The predicted molar refractivity (Wildman–Crippen MR) is 60.2 cm³/mol. The lowest BCUT2D eigenvalue weighted by molar-refractivity contribution is -0.129. The van der Waals surface area contributed by atoms with E-state index in [0.29, 0.717) is 11.4 Å². The van der Waals surface area contributed by atoms with Crippen LogP contribution in [-0.2, 0) is 4.79 Å². The number of unbranched alkanes of at least 4 members (excludes halogenated alkanes) is 2. The highest BCUT2D eigenvalue weighted by molar-refractivity contribution is 9.09. The van der Waals surface area contributed by atoms with Crippen molar-refractivity contribution in [3.63, 3.8) is 0 Å². The lowest BCUT2D eigenvalue weighted by atomic mass is 10.2. The molecule has 0 saturated carbocycles. The molecule has 0 bridgehead atoms. The SMILES string of the molecule is CCCCCN(C(=O)CBr)C(C)C. The molecule has 2 nitrogen and oxygen atoms in total. The molecule has 0 atom stereocenters. The smallest absolute Gasteiger partial charge is 0.233 e. The van der Waals surface area contributed by atoms with Crippen LogP contribution in [0.5, 0.6) is 0 Å². The van der Waals surface area contributed by atoms with E-state index in [9.17, 15) is 4.79 Å². The van der Waals surface area contributed by atoms with E-state index >= 15 is 0 Å². The first-order valence-corrected chi connectivity index (χ1v) is 6.11. The quantitative estimate of drug-likeness (QED) is 0.524. The second-order valence-corrected chi connectivity index (χ2v) is 4.08. The summed E-state index contributed by atoms with van der Waals surface area (Å²) in [7, 11) is 0. The van der Waals surface area contributed by atoms with Crippen LogP contribution in [0.3, 0.4) is 0 Å². The molecular formula is C10H20BrNO. The van der Waals surface area contributed by atoms with Gasteiger partial charge in [0, 0.05) is 12.6 Å². The summed E-state index contributed by atoms with van der Waals surface area (Å²) in [5, 5.41) is 0.442. The molecule has 0 unspecified atom stereocenters. The summed E-state index contributed by atoms with van der Waals surface area (Å²) in [6.45, 7) is 7.20. The highest BCUT2D eigenvalue weighted by Crippen LogP contribution is 2.05. The van der Waals surface area contributed by atoms with Crippen LogP contribution in [0.2, 0.25) is 0 Å². The van der Waals surface area contributed by atoms with Crippen molar-refractivity contribution in [1.29, 1.82) is 0 Å². The zero-order valence-corrected chi connectivity index (χ0v) is 10.4. The zero-order chi connectivity index (χ0) is 10.3. The minimum Gasteiger partial charge on any atom is -0.340 e. The Morgan fingerprint density at radius 3 is 2.38 bits per heavy atom. The van der Waals surface area contributed by atoms with Crippen LogP contribution in [-0.4, -0.2) is 28.7 Å². The monoisotopic (exact) mass is 249 g/mol. The third-order valence-corrected chi connectivity index (χ3v) is 2.54. The summed E-state index contributed by atoms with van der Waals surface area (Å²) in [5.41, 5.74) is 0. The van der Waals surface area contributed by atoms with Crippen LogP contribution in [0, 0.1) is 0 Å². The van der Waals surface area contributed by atoms with Gasteiger partial charge in [0.05, 0.1) is 5.33 Å². The van der Waals surface area contributed by atoms with Crippen LogP contribution >= 0.6 is 15.9 Å². The van der Waals surface area contributed by atoms with Gasteiger partial charge in [-0.25, -0.2) is 0 Å². The molecule has 0 spiro atoms. The van der Waals surface area contributed by atoms with E-state index in [1.165, 1.54) is 12.8 Å². The number of hydrogen-bond acceptors (Lipinski definition) is 1. The molecule has 0 aliphatic rings. The lowest BCUT2D eigenvalue weighted by Gasteiger charge is -2.25. The Morgan fingerprint density at radius 1 is 1.38 bits per heavy atom. The largest absolute Gasteiger partial charge is 0.340 e. The maximum absolute atomic E-state index is 11.4. The molecule has 0 aliphatic heterocycles. The summed E-state index contributed by atoms with van der Waals surface area (Å²) >= 11 is 3.20. The third kappa shape index (κ3) is 5.29. The molecule has 0 N–H and O–H groups in total. The van der Waals surface area contributed by atoms with Gasteiger partial charge in [-0.05, 0) is 20.3 Å². The Bertz CT molecular complexity index is 148. The fourth-order valence-corrected chi connectivity index (χ4v) is 1.60. The maximum atomic E-state index is 11.4. The van der Waals surface area contributed by atoms with E-state index in [4.69, 9.17) is 0 Å². The van der Waals surface area contributed by atoms with Crippen molar-refractivity contribution in [2.24, 2.45) is 0 Å². The number of halogens is 1. The van der Waals surface area contributed by atoms with Gasteiger partial charge in [0.1, 0.15) is 0 Å². The van der Waals surface area contributed by atoms with E-state index in [0.717, 1.165) is 13.0 Å². The summed E-state index contributed by atoms with van der Waals surface area (Å²) in [6, 6.07) is 0.321. The Labute approximate surface area is 89.8 Å². The van der Waals surface area contributed by atoms with Gasteiger partial charge in [0.2, 0.25) is 5.91 Å². The fraction of sp³-hybridized carbons (Fsp3) is 0.900. The molecular weight excluding hydrogens is 230 g/mol. The Balaban J connectivity index is 3.88. The molecule has 3 heteroatoms. The standard InChI is InChI=1S/C10H20BrNO/c1-4-5-6-7-12(9(2)3)10(13)8-11/h9H,4-8H2,1-3H3. The second-order valence-electron chi connectivity index (χ2n) is 3.52. The summed E-state index contributed by atoms with van der Waals surface area (Å²) in [5.74, 6) is 0.200. The molecule has 0 aliphatic carbocycles. The van der Waals surface area contributed by atoms with E-state index in [1.54, 1.807) is 0 Å². The third-order valence-electron chi connectivity index (χ3n) is 2.06. The Morgan fingerprint density at radius 2 is 2.00 bits per heavy atom. The number of carbonyl (C=O) groups is 1. The Hall–Kier alpha value is -0.0500. The van der Waals surface area contributed by atoms with E-state index in [-0.39, 0.29) is 5.91 Å². The van der Waals surface area contributed by atoms with Crippen molar-refractivity contribution in [3.8, 4) is 0 Å². The lowest BCUT2D eigenvalue weighted by Crippen LogP contribution is -2.38. The van der Waals surface area contributed by atoms with E-state index in [2.05, 4.69) is 36.7 Å². The molecule has 78 valence electrons. The topological polar surface area (TPSA) is 20.3 Å². The molecule has 0 aromatic rings. The van der Waals surface area contributed by atoms with Crippen molar-refractivity contribution in [2.75, 3.05) is 11.9 Å². The van der Waals surface area contributed by atoms with E-state index in [1.807, 2.05) is 4.90 Å². The molecule has 13 heavy (non-hydrogen) atoms. The van der Waals surface area contributed by atoms with Gasteiger partial charge in [0.15, 0.2) is 0 Å². The summed E-state index contributed by atoms with van der Waals surface area (Å²) < 4.78 is 0. The first kappa shape index (κ1) is 12.9. The minimum atomic E-state index is 0.200. The predicted octanol–water partition coefficient (Wildman–Crippen LogP) is 2.81. The fourth-order valence-electron chi connectivity index (χ4n) is 1.28. The average molecular weight is 250 g/mol. The second kappa shape index (κ2) is 7.36. The van der Waals surface area contributed by atoms with Crippen LogP contribution in [0.1, 0.15) is 40.0 Å². The number of rotatable bonds is 6. The first-order valence-electron chi connectivity index (χ1n) is 4.98. The van der Waals surface area contributed by atoms with Crippen LogP contribution < -0.4 is 0 Å². The Kier molecular flexibility index (Phi) is 7.33. The molecule has 0 fully saturated rings. The number of amides is 1. The summed E-state index contributed by atoms with van der Waals surface area (Å²) in [4.78, 5) is 13.4. The van der Waals surface area contributed by atoms with Crippen LogP contribution in [0.4, 0.5) is 0 Å². The number of carbonyl (C=O) groups excluding carboxylic acids is 1. The maximum Gasteiger partial charge on any atom is 0.233 e. The molecule has 0 aromatic heterocycles. The molecule has 0 saturated heterocycles. The average Bonchev–Trinajstić information content (AvgIpc) is 2.11. The van der Waals surface area contributed by atoms with Gasteiger partial charge in [-0.1, -0.05) is 35.7 Å². The number of nitrogens with zero attached hydrogens (tertiary/aromatic N) is 1. The van der Waals surface area contributed by atoms with Gasteiger partial charge >= 0.3 is 0 Å². The van der Waals surface area contributed by atoms with Gasteiger partial charge in [0.25, 0.3) is 0 Å². The summed E-state index contributed by atoms with van der Waals surface area (Å²) in [6.07, 6.45) is 3.53. The highest BCUT2D eigenvalue weighted by Gasteiger charge is 2.14. The minimum absolute atomic E-state index is 0.200.